The SMILES string of the molecule is [C-]#[N+]c1c(N2CCC(N)CC2)nc(SCc2ccc(N3CCCS3(=O)=O)cc2)c(C#N)c1CC. The third kappa shape index (κ3) is 4.85. The second kappa shape index (κ2) is 10.2. The fourth-order valence-electron chi connectivity index (χ4n) is 4.44. The Balaban J connectivity index is 1.59. The lowest BCUT2D eigenvalue weighted by molar-refractivity contribution is 0.498. The second-order valence-electron chi connectivity index (χ2n) is 8.54. The number of thioether (sulfide) groups is 1. The van der Waals surface area contributed by atoms with E-state index in [2.05, 4.69) is 15.8 Å². The Bertz CT molecular complexity index is 1240. The minimum Gasteiger partial charge on any atom is -0.365 e. The molecule has 1 aromatic heterocycles. The first kappa shape index (κ1) is 24.3. The Labute approximate surface area is 205 Å². The zero-order chi connectivity index (χ0) is 24.3. The van der Waals surface area contributed by atoms with E-state index in [9.17, 15) is 13.7 Å². The molecule has 4 rings (SSSR count). The van der Waals surface area contributed by atoms with Crippen LogP contribution in [0.4, 0.5) is 17.2 Å². The van der Waals surface area contributed by atoms with Gasteiger partial charge in [0.15, 0.2) is 0 Å². The van der Waals surface area contributed by atoms with Crippen LogP contribution in [0.3, 0.4) is 0 Å². The number of benzene rings is 1. The molecule has 0 amide bonds. The number of hydrogen-bond acceptors (Lipinski definition) is 7. The standard InChI is InChI=1S/C24H28N6O2S2/c1-3-20-21(15-25)24(28-23(22(20)27-2)29-12-9-18(26)10-13-29)33-16-17-5-7-19(8-6-17)30-11-4-14-34(30,31)32/h5-8,18H,3-4,9-14,16,26H2,1H3. The molecular weight excluding hydrogens is 468 g/mol. The average Bonchev–Trinajstić information content (AvgIpc) is 3.21. The van der Waals surface area contributed by atoms with Crippen molar-refractivity contribution in [3.8, 4) is 6.07 Å². The topological polar surface area (TPSA) is 108 Å². The number of hydrogen-bond donors (Lipinski definition) is 1. The molecule has 0 saturated carbocycles. The number of anilines is 2. The van der Waals surface area contributed by atoms with Gasteiger partial charge in [0, 0.05) is 31.4 Å². The zero-order valence-electron chi connectivity index (χ0n) is 19.2. The number of nitriles is 1. The van der Waals surface area contributed by atoms with E-state index in [1.807, 2.05) is 31.2 Å². The highest BCUT2D eigenvalue weighted by atomic mass is 32.2. The molecule has 34 heavy (non-hydrogen) atoms. The van der Waals surface area contributed by atoms with E-state index in [-0.39, 0.29) is 11.8 Å². The Morgan fingerprint density at radius 2 is 1.97 bits per heavy atom. The van der Waals surface area contributed by atoms with Crippen LogP contribution in [-0.4, -0.2) is 44.8 Å². The van der Waals surface area contributed by atoms with Gasteiger partial charge in [0.05, 0.1) is 23.6 Å². The maximum atomic E-state index is 12.2. The molecule has 10 heteroatoms. The summed E-state index contributed by atoms with van der Waals surface area (Å²) < 4.78 is 25.8. The predicted octanol–water partition coefficient (Wildman–Crippen LogP) is 3.83. The summed E-state index contributed by atoms with van der Waals surface area (Å²) in [5, 5.41) is 10.5. The summed E-state index contributed by atoms with van der Waals surface area (Å²) in [5.74, 6) is 1.42. The van der Waals surface area contributed by atoms with Crippen molar-refractivity contribution in [2.24, 2.45) is 5.73 Å². The summed E-state index contributed by atoms with van der Waals surface area (Å²) in [5.41, 5.74) is 9.44. The first-order valence-corrected chi connectivity index (χ1v) is 14.0. The normalized spacial score (nSPS) is 18.0. The predicted molar refractivity (Wildman–Crippen MR) is 136 cm³/mol. The molecule has 1 aromatic carbocycles. The number of nitrogens with two attached hydrogens (primary N) is 1. The molecule has 2 N–H and O–H groups in total. The van der Waals surface area contributed by atoms with Crippen LogP contribution in [0.15, 0.2) is 29.3 Å². The molecule has 178 valence electrons. The number of pyridine rings is 1. The van der Waals surface area contributed by atoms with Crippen molar-refractivity contribution >= 4 is 39.0 Å². The van der Waals surface area contributed by atoms with Crippen LogP contribution in [0.25, 0.3) is 4.85 Å². The van der Waals surface area contributed by atoms with Crippen molar-refractivity contribution in [1.82, 2.24) is 4.98 Å². The first-order chi connectivity index (χ1) is 16.4. The molecule has 0 radical (unpaired) electrons. The summed E-state index contributed by atoms with van der Waals surface area (Å²) in [6.45, 7) is 11.7. The Morgan fingerprint density at radius 1 is 1.26 bits per heavy atom. The molecule has 0 atom stereocenters. The van der Waals surface area contributed by atoms with Crippen LogP contribution < -0.4 is 14.9 Å². The van der Waals surface area contributed by atoms with Gasteiger partial charge in [0.1, 0.15) is 16.9 Å². The van der Waals surface area contributed by atoms with Crippen molar-refractivity contribution in [3.05, 3.63) is 52.4 Å². The lowest BCUT2D eigenvalue weighted by atomic mass is 10.0. The van der Waals surface area contributed by atoms with Crippen LogP contribution in [0.5, 0.6) is 0 Å². The molecule has 2 aliphatic rings. The third-order valence-corrected chi connectivity index (χ3v) is 9.25. The summed E-state index contributed by atoms with van der Waals surface area (Å²) in [7, 11) is -3.21. The maximum Gasteiger partial charge on any atom is 0.235 e. The fraction of sp³-hybridized carbons (Fsp3) is 0.458. The van der Waals surface area contributed by atoms with Gasteiger partial charge in [0.2, 0.25) is 15.7 Å². The van der Waals surface area contributed by atoms with Crippen molar-refractivity contribution in [1.29, 1.82) is 5.26 Å². The molecule has 0 spiro atoms. The largest absolute Gasteiger partial charge is 0.365 e. The van der Waals surface area contributed by atoms with Gasteiger partial charge in [-0.05, 0) is 48.9 Å². The smallest absolute Gasteiger partial charge is 0.235 e. The highest BCUT2D eigenvalue weighted by Crippen LogP contribution is 2.39. The van der Waals surface area contributed by atoms with Gasteiger partial charge in [-0.25, -0.2) is 18.2 Å². The molecular formula is C24H28N6O2S2. The number of nitrogens with zero attached hydrogens (tertiary/aromatic N) is 5. The van der Waals surface area contributed by atoms with Crippen LogP contribution in [-0.2, 0) is 22.2 Å². The van der Waals surface area contributed by atoms with Gasteiger partial charge in [-0.1, -0.05) is 19.1 Å². The lowest BCUT2D eigenvalue weighted by Crippen LogP contribution is -2.40. The maximum absolute atomic E-state index is 12.2. The van der Waals surface area contributed by atoms with E-state index < -0.39 is 10.0 Å². The minimum absolute atomic E-state index is 0.170. The lowest BCUT2D eigenvalue weighted by Gasteiger charge is -2.32. The Kier molecular flexibility index (Phi) is 7.32. The molecule has 0 unspecified atom stereocenters. The molecule has 8 nitrogen and oxygen atoms in total. The van der Waals surface area contributed by atoms with E-state index in [4.69, 9.17) is 17.3 Å². The van der Waals surface area contributed by atoms with Crippen LogP contribution >= 0.6 is 11.8 Å². The van der Waals surface area contributed by atoms with E-state index in [1.165, 1.54) is 16.1 Å². The Morgan fingerprint density at radius 3 is 2.53 bits per heavy atom. The summed E-state index contributed by atoms with van der Waals surface area (Å²) in [4.78, 5) is 10.7. The molecule has 2 aromatic rings. The van der Waals surface area contributed by atoms with E-state index >= 15 is 0 Å². The fourth-order valence-corrected chi connectivity index (χ4v) is 6.96. The van der Waals surface area contributed by atoms with Gasteiger partial charge in [-0.2, -0.15) is 5.26 Å². The third-order valence-electron chi connectivity index (χ3n) is 6.34. The zero-order valence-corrected chi connectivity index (χ0v) is 20.8. The van der Waals surface area contributed by atoms with Gasteiger partial charge >= 0.3 is 0 Å². The average molecular weight is 497 g/mol. The van der Waals surface area contributed by atoms with Crippen molar-refractivity contribution < 1.29 is 8.42 Å². The van der Waals surface area contributed by atoms with Crippen LogP contribution in [0, 0.1) is 17.9 Å². The van der Waals surface area contributed by atoms with Crippen molar-refractivity contribution in [3.63, 3.8) is 0 Å². The Hall–Kier alpha value is -2.79. The van der Waals surface area contributed by atoms with E-state index in [0.29, 0.717) is 52.9 Å². The molecule has 2 saturated heterocycles. The summed E-state index contributed by atoms with van der Waals surface area (Å²) in [6.07, 6.45) is 2.93. The molecule has 3 heterocycles. The quantitative estimate of drug-likeness (QED) is 0.478. The number of piperidine rings is 1. The van der Waals surface area contributed by atoms with Gasteiger partial charge < -0.3 is 10.6 Å². The molecule has 2 fully saturated rings. The monoisotopic (exact) mass is 496 g/mol. The van der Waals surface area contributed by atoms with Crippen LogP contribution in [0.1, 0.15) is 42.9 Å². The van der Waals surface area contributed by atoms with Crippen molar-refractivity contribution in [2.75, 3.05) is 34.6 Å². The molecule has 0 bridgehead atoms. The van der Waals surface area contributed by atoms with Crippen LogP contribution in [0.2, 0.25) is 0 Å². The van der Waals surface area contributed by atoms with E-state index in [1.54, 1.807) is 0 Å². The number of rotatable bonds is 6. The van der Waals surface area contributed by atoms with Gasteiger partial charge in [0.25, 0.3) is 0 Å². The van der Waals surface area contributed by atoms with Gasteiger partial charge in [-0.3, -0.25) is 4.31 Å². The van der Waals surface area contributed by atoms with Gasteiger partial charge in [-0.15, -0.1) is 11.8 Å². The molecule has 0 aliphatic carbocycles. The summed E-state index contributed by atoms with van der Waals surface area (Å²) >= 11 is 1.47. The number of aromatic nitrogens is 1. The summed E-state index contributed by atoms with van der Waals surface area (Å²) in [6, 6.07) is 9.96. The molecule has 2 aliphatic heterocycles. The minimum atomic E-state index is -3.21. The highest BCUT2D eigenvalue weighted by molar-refractivity contribution is 7.98. The second-order valence-corrected chi connectivity index (χ2v) is 11.5. The first-order valence-electron chi connectivity index (χ1n) is 11.4. The number of sulfonamides is 1. The van der Waals surface area contributed by atoms with Crippen molar-refractivity contribution in [2.45, 2.75) is 49.4 Å². The highest BCUT2D eigenvalue weighted by Gasteiger charge is 2.28. The van der Waals surface area contributed by atoms with E-state index in [0.717, 1.165) is 37.1 Å².